The molecule has 1 rings (SSSR count). The molecule has 0 radical (unpaired) electrons. The molecule has 0 saturated heterocycles. The standard InChI is InChI=1S/C16H27NO3/c1-16(2,18-4)8-9-19-10-11-20-15-7-5-6-14(12-15)13-17-3/h5-7,12,17H,8-11,13H2,1-4H3. The Balaban J connectivity index is 2.16. The van der Waals surface area contributed by atoms with Gasteiger partial charge in [0.1, 0.15) is 12.4 Å². The smallest absolute Gasteiger partial charge is 0.119 e. The van der Waals surface area contributed by atoms with E-state index in [1.54, 1.807) is 7.11 Å². The highest BCUT2D eigenvalue weighted by atomic mass is 16.5. The summed E-state index contributed by atoms with van der Waals surface area (Å²) >= 11 is 0. The maximum Gasteiger partial charge on any atom is 0.119 e. The molecular weight excluding hydrogens is 254 g/mol. The lowest BCUT2D eigenvalue weighted by molar-refractivity contribution is -0.0128. The first kappa shape index (κ1) is 17.0. The van der Waals surface area contributed by atoms with Gasteiger partial charge in [-0.15, -0.1) is 0 Å². The van der Waals surface area contributed by atoms with Gasteiger partial charge in [-0.1, -0.05) is 12.1 Å². The van der Waals surface area contributed by atoms with Crippen LogP contribution in [0.1, 0.15) is 25.8 Å². The molecule has 20 heavy (non-hydrogen) atoms. The lowest BCUT2D eigenvalue weighted by atomic mass is 10.1. The molecule has 114 valence electrons. The van der Waals surface area contributed by atoms with Crippen LogP contribution >= 0.6 is 0 Å². The Morgan fingerprint density at radius 2 is 1.95 bits per heavy atom. The molecule has 0 atom stereocenters. The van der Waals surface area contributed by atoms with Gasteiger partial charge in [-0.25, -0.2) is 0 Å². The highest BCUT2D eigenvalue weighted by Crippen LogP contribution is 2.14. The van der Waals surface area contributed by atoms with Crippen LogP contribution in [-0.2, 0) is 16.0 Å². The SMILES string of the molecule is CNCc1cccc(OCCOCCC(C)(C)OC)c1. The summed E-state index contributed by atoms with van der Waals surface area (Å²) in [6, 6.07) is 8.09. The Morgan fingerprint density at radius 1 is 1.15 bits per heavy atom. The molecule has 0 aliphatic heterocycles. The molecular formula is C16H27NO3. The van der Waals surface area contributed by atoms with Crippen LogP contribution in [0.15, 0.2) is 24.3 Å². The summed E-state index contributed by atoms with van der Waals surface area (Å²) in [5.41, 5.74) is 1.09. The Morgan fingerprint density at radius 3 is 2.65 bits per heavy atom. The zero-order valence-corrected chi connectivity index (χ0v) is 13.1. The van der Waals surface area contributed by atoms with E-state index in [9.17, 15) is 0 Å². The molecule has 0 aliphatic rings. The van der Waals surface area contributed by atoms with Crippen LogP contribution in [0.3, 0.4) is 0 Å². The average molecular weight is 281 g/mol. The Labute approximate surface area is 122 Å². The van der Waals surface area contributed by atoms with Crippen LogP contribution in [0.2, 0.25) is 0 Å². The number of rotatable bonds is 10. The summed E-state index contributed by atoms with van der Waals surface area (Å²) in [4.78, 5) is 0. The van der Waals surface area contributed by atoms with Crippen molar-refractivity contribution in [3.8, 4) is 5.75 Å². The number of ether oxygens (including phenoxy) is 3. The fraction of sp³-hybridized carbons (Fsp3) is 0.625. The van der Waals surface area contributed by atoms with Gasteiger partial charge in [0.25, 0.3) is 0 Å². The minimum atomic E-state index is -0.123. The maximum atomic E-state index is 5.67. The summed E-state index contributed by atoms with van der Waals surface area (Å²) in [6.07, 6.45) is 0.876. The average Bonchev–Trinajstić information content (AvgIpc) is 2.43. The topological polar surface area (TPSA) is 39.7 Å². The first-order valence-corrected chi connectivity index (χ1v) is 7.06. The van der Waals surface area contributed by atoms with E-state index in [1.165, 1.54) is 5.56 Å². The summed E-state index contributed by atoms with van der Waals surface area (Å²) in [5.74, 6) is 0.888. The zero-order valence-electron chi connectivity index (χ0n) is 13.1. The predicted octanol–water partition coefficient (Wildman–Crippen LogP) is 2.62. The molecule has 1 aromatic rings. The third-order valence-electron chi connectivity index (χ3n) is 3.18. The van der Waals surface area contributed by atoms with Gasteiger partial charge in [0, 0.05) is 20.3 Å². The van der Waals surface area contributed by atoms with Gasteiger partial charge >= 0.3 is 0 Å². The largest absolute Gasteiger partial charge is 0.491 e. The predicted molar refractivity (Wildman–Crippen MR) is 81.2 cm³/mol. The van der Waals surface area contributed by atoms with Crippen molar-refractivity contribution >= 4 is 0 Å². The highest BCUT2D eigenvalue weighted by Gasteiger charge is 2.15. The van der Waals surface area contributed by atoms with Crippen LogP contribution in [0.4, 0.5) is 0 Å². The van der Waals surface area contributed by atoms with Crippen molar-refractivity contribution < 1.29 is 14.2 Å². The van der Waals surface area contributed by atoms with Crippen LogP contribution < -0.4 is 10.1 Å². The molecule has 1 aromatic carbocycles. The second kappa shape index (κ2) is 8.95. The fourth-order valence-electron chi connectivity index (χ4n) is 1.69. The van der Waals surface area contributed by atoms with E-state index in [0.717, 1.165) is 18.7 Å². The third-order valence-corrected chi connectivity index (χ3v) is 3.18. The highest BCUT2D eigenvalue weighted by molar-refractivity contribution is 5.28. The van der Waals surface area contributed by atoms with Gasteiger partial charge in [-0.3, -0.25) is 0 Å². The molecule has 0 fully saturated rings. The van der Waals surface area contributed by atoms with Crippen LogP contribution in [0.5, 0.6) is 5.75 Å². The van der Waals surface area contributed by atoms with Crippen molar-refractivity contribution in [1.82, 2.24) is 5.32 Å². The Kier molecular flexibility index (Phi) is 7.59. The normalized spacial score (nSPS) is 11.6. The minimum Gasteiger partial charge on any atom is -0.491 e. The van der Waals surface area contributed by atoms with E-state index in [0.29, 0.717) is 19.8 Å². The van der Waals surface area contributed by atoms with Gasteiger partial charge < -0.3 is 19.5 Å². The molecule has 0 saturated carbocycles. The second-order valence-electron chi connectivity index (χ2n) is 5.35. The molecule has 0 bridgehead atoms. The van der Waals surface area contributed by atoms with Gasteiger partial charge in [-0.2, -0.15) is 0 Å². The van der Waals surface area contributed by atoms with Gasteiger partial charge in [0.15, 0.2) is 0 Å². The van der Waals surface area contributed by atoms with Crippen molar-refractivity contribution in [3.05, 3.63) is 29.8 Å². The van der Waals surface area contributed by atoms with E-state index < -0.39 is 0 Å². The van der Waals surface area contributed by atoms with E-state index in [2.05, 4.69) is 25.2 Å². The summed E-state index contributed by atoms with van der Waals surface area (Å²) in [5, 5.41) is 3.12. The van der Waals surface area contributed by atoms with E-state index in [4.69, 9.17) is 14.2 Å². The number of hydrogen-bond donors (Lipinski definition) is 1. The van der Waals surface area contributed by atoms with Crippen LogP contribution in [0, 0.1) is 0 Å². The molecule has 0 aromatic heterocycles. The lowest BCUT2D eigenvalue weighted by Crippen LogP contribution is -2.24. The molecule has 4 nitrogen and oxygen atoms in total. The van der Waals surface area contributed by atoms with E-state index in [1.807, 2.05) is 25.2 Å². The zero-order chi connectivity index (χ0) is 14.8. The van der Waals surface area contributed by atoms with Crippen molar-refractivity contribution in [3.63, 3.8) is 0 Å². The summed E-state index contributed by atoms with van der Waals surface area (Å²) in [7, 11) is 3.66. The second-order valence-corrected chi connectivity index (χ2v) is 5.35. The van der Waals surface area contributed by atoms with Crippen LogP contribution in [-0.4, -0.2) is 39.6 Å². The molecule has 0 aliphatic carbocycles. The number of methoxy groups -OCH3 is 1. The van der Waals surface area contributed by atoms with Crippen molar-refractivity contribution in [2.45, 2.75) is 32.4 Å². The first-order valence-electron chi connectivity index (χ1n) is 7.06. The van der Waals surface area contributed by atoms with Gasteiger partial charge in [0.2, 0.25) is 0 Å². The molecule has 0 heterocycles. The number of hydrogen-bond acceptors (Lipinski definition) is 4. The Hall–Kier alpha value is -1.10. The Bertz CT molecular complexity index is 380. The fourth-order valence-corrected chi connectivity index (χ4v) is 1.69. The lowest BCUT2D eigenvalue weighted by Gasteiger charge is -2.22. The quantitative estimate of drug-likeness (QED) is 0.669. The third kappa shape index (κ3) is 6.89. The maximum absolute atomic E-state index is 5.67. The monoisotopic (exact) mass is 281 g/mol. The molecule has 4 heteroatoms. The summed E-state index contributed by atoms with van der Waals surface area (Å²) < 4.78 is 16.6. The molecule has 1 N–H and O–H groups in total. The van der Waals surface area contributed by atoms with Crippen molar-refractivity contribution in [2.24, 2.45) is 0 Å². The van der Waals surface area contributed by atoms with Crippen molar-refractivity contribution in [2.75, 3.05) is 34.0 Å². The first-order chi connectivity index (χ1) is 9.57. The van der Waals surface area contributed by atoms with Gasteiger partial charge in [0.05, 0.1) is 12.2 Å². The molecule has 0 spiro atoms. The molecule has 0 amide bonds. The molecule has 0 unspecified atom stereocenters. The minimum absolute atomic E-state index is 0.123. The number of nitrogens with one attached hydrogen (secondary N) is 1. The van der Waals surface area contributed by atoms with E-state index in [-0.39, 0.29) is 5.60 Å². The van der Waals surface area contributed by atoms with E-state index >= 15 is 0 Å². The van der Waals surface area contributed by atoms with Crippen LogP contribution in [0.25, 0.3) is 0 Å². The van der Waals surface area contributed by atoms with Crippen molar-refractivity contribution in [1.29, 1.82) is 0 Å². The summed E-state index contributed by atoms with van der Waals surface area (Å²) in [6.45, 7) is 6.80. The van der Waals surface area contributed by atoms with Gasteiger partial charge in [-0.05, 0) is 45.0 Å². The number of benzene rings is 1.